The average Bonchev–Trinajstić information content (AvgIpc) is 2.96. The van der Waals surface area contributed by atoms with Crippen LogP contribution in [-0.2, 0) is 0 Å². The molecular weight excluding hydrogens is 254 g/mol. The first kappa shape index (κ1) is 14.9. The molecule has 1 aliphatic rings. The molecule has 1 aromatic rings. The van der Waals surface area contributed by atoms with Crippen LogP contribution in [0.2, 0.25) is 0 Å². The van der Waals surface area contributed by atoms with E-state index >= 15 is 0 Å². The van der Waals surface area contributed by atoms with Gasteiger partial charge in [0.2, 0.25) is 6.79 Å². The molecule has 2 rings (SSSR count). The smallest absolute Gasteiger partial charge is 0.231 e. The molecule has 0 unspecified atom stereocenters. The van der Waals surface area contributed by atoms with Crippen molar-refractivity contribution in [2.24, 2.45) is 0 Å². The van der Waals surface area contributed by atoms with Gasteiger partial charge in [0.25, 0.3) is 0 Å². The number of Topliss-reactive ketones (excluding diaryl/α,β-unsaturated/α-hetero) is 1. The summed E-state index contributed by atoms with van der Waals surface area (Å²) in [5.74, 6) is 1.45. The van der Waals surface area contributed by atoms with Crippen LogP contribution in [0.4, 0.5) is 0 Å². The summed E-state index contributed by atoms with van der Waals surface area (Å²) in [6.07, 6.45) is 3.07. The van der Waals surface area contributed by atoms with E-state index in [4.69, 9.17) is 9.47 Å². The molecule has 0 saturated heterocycles. The zero-order chi connectivity index (χ0) is 14.6. The third kappa shape index (κ3) is 2.96. The van der Waals surface area contributed by atoms with Crippen molar-refractivity contribution in [2.75, 3.05) is 13.3 Å². The average molecular weight is 277 g/mol. The molecule has 4 heteroatoms. The lowest BCUT2D eigenvalue weighted by Crippen LogP contribution is -2.46. The summed E-state index contributed by atoms with van der Waals surface area (Å²) in [5.41, 5.74) is 0.727. The number of hydrogen-bond donors (Lipinski definition) is 1. The number of ether oxygens (including phenoxy) is 2. The van der Waals surface area contributed by atoms with Crippen molar-refractivity contribution < 1.29 is 14.3 Å². The van der Waals surface area contributed by atoms with Gasteiger partial charge in [0, 0.05) is 11.1 Å². The second kappa shape index (κ2) is 6.27. The van der Waals surface area contributed by atoms with Crippen LogP contribution in [0.1, 0.15) is 50.4 Å². The molecule has 0 aliphatic carbocycles. The van der Waals surface area contributed by atoms with Crippen LogP contribution in [0.5, 0.6) is 11.5 Å². The van der Waals surface area contributed by atoms with Gasteiger partial charge in [0.05, 0.1) is 6.54 Å². The van der Waals surface area contributed by atoms with E-state index in [9.17, 15) is 4.79 Å². The van der Waals surface area contributed by atoms with E-state index < -0.39 is 0 Å². The minimum Gasteiger partial charge on any atom is -0.454 e. The molecule has 0 saturated carbocycles. The van der Waals surface area contributed by atoms with Crippen LogP contribution in [-0.4, -0.2) is 24.7 Å². The van der Waals surface area contributed by atoms with Gasteiger partial charge in [-0.3, -0.25) is 4.79 Å². The van der Waals surface area contributed by atoms with E-state index in [1.807, 2.05) is 0 Å². The predicted octanol–water partition coefficient (Wildman–Crippen LogP) is 3.16. The fourth-order valence-electron chi connectivity index (χ4n) is 2.56. The lowest BCUT2D eigenvalue weighted by atomic mass is 9.89. The van der Waals surface area contributed by atoms with Crippen molar-refractivity contribution in [3.8, 4) is 11.5 Å². The SMILES string of the molecule is CCC(CC)(CC)NCC(=O)c1ccc2c(c1)OCO2. The number of hydrogen-bond acceptors (Lipinski definition) is 4. The van der Waals surface area contributed by atoms with Gasteiger partial charge in [0.1, 0.15) is 0 Å². The van der Waals surface area contributed by atoms with E-state index in [1.54, 1.807) is 18.2 Å². The maximum atomic E-state index is 12.3. The lowest BCUT2D eigenvalue weighted by molar-refractivity contribution is 0.0973. The molecular formula is C16H23NO3. The molecule has 110 valence electrons. The van der Waals surface area contributed by atoms with Crippen LogP contribution >= 0.6 is 0 Å². The summed E-state index contributed by atoms with van der Waals surface area (Å²) in [4.78, 5) is 12.3. The predicted molar refractivity (Wildman–Crippen MR) is 78.5 cm³/mol. The molecule has 0 atom stereocenters. The summed E-state index contributed by atoms with van der Waals surface area (Å²) in [5, 5.41) is 3.43. The minimum atomic E-state index is 0.0615. The van der Waals surface area contributed by atoms with E-state index in [-0.39, 0.29) is 18.1 Å². The van der Waals surface area contributed by atoms with Crippen molar-refractivity contribution in [3.05, 3.63) is 23.8 Å². The lowest BCUT2D eigenvalue weighted by Gasteiger charge is -2.31. The Morgan fingerprint density at radius 3 is 2.45 bits per heavy atom. The van der Waals surface area contributed by atoms with Gasteiger partial charge >= 0.3 is 0 Å². The zero-order valence-corrected chi connectivity index (χ0v) is 12.5. The fourth-order valence-corrected chi connectivity index (χ4v) is 2.56. The second-order valence-electron chi connectivity index (χ2n) is 5.19. The van der Waals surface area contributed by atoms with Crippen LogP contribution in [0, 0.1) is 0 Å². The standard InChI is InChI=1S/C16H23NO3/c1-4-16(5-2,6-3)17-10-13(18)12-7-8-14-15(9-12)20-11-19-14/h7-9,17H,4-6,10-11H2,1-3H3. The summed E-state index contributed by atoms with van der Waals surface area (Å²) < 4.78 is 10.6. The summed E-state index contributed by atoms with van der Waals surface area (Å²) in [6.45, 7) is 7.06. The topological polar surface area (TPSA) is 47.6 Å². The van der Waals surface area contributed by atoms with Crippen molar-refractivity contribution in [1.29, 1.82) is 0 Å². The van der Waals surface area contributed by atoms with Gasteiger partial charge in [-0.05, 0) is 37.5 Å². The number of nitrogens with one attached hydrogen (secondary N) is 1. The molecule has 1 aliphatic heterocycles. The fraction of sp³-hybridized carbons (Fsp3) is 0.562. The Labute approximate surface area is 120 Å². The maximum absolute atomic E-state index is 12.3. The van der Waals surface area contributed by atoms with E-state index in [0.29, 0.717) is 23.6 Å². The number of rotatable bonds is 7. The third-order valence-electron chi connectivity index (χ3n) is 4.35. The van der Waals surface area contributed by atoms with Crippen molar-refractivity contribution in [3.63, 3.8) is 0 Å². The minimum absolute atomic E-state index is 0.0615. The number of fused-ring (bicyclic) bond motifs is 1. The summed E-state index contributed by atoms with van der Waals surface area (Å²) >= 11 is 0. The summed E-state index contributed by atoms with van der Waals surface area (Å²) in [7, 11) is 0. The highest BCUT2D eigenvalue weighted by Crippen LogP contribution is 2.32. The summed E-state index contributed by atoms with van der Waals surface area (Å²) in [6, 6.07) is 5.35. The molecule has 0 aromatic heterocycles. The first-order chi connectivity index (χ1) is 9.64. The number of carbonyl (C=O) groups excluding carboxylic acids is 1. The first-order valence-electron chi connectivity index (χ1n) is 7.32. The molecule has 0 radical (unpaired) electrons. The molecule has 4 nitrogen and oxygen atoms in total. The van der Waals surface area contributed by atoms with E-state index in [2.05, 4.69) is 26.1 Å². The monoisotopic (exact) mass is 277 g/mol. The van der Waals surface area contributed by atoms with Gasteiger partial charge < -0.3 is 14.8 Å². The second-order valence-corrected chi connectivity index (χ2v) is 5.19. The molecule has 1 aromatic carbocycles. The van der Waals surface area contributed by atoms with Crippen molar-refractivity contribution >= 4 is 5.78 Å². The highest BCUT2D eigenvalue weighted by Gasteiger charge is 2.24. The molecule has 1 heterocycles. The Morgan fingerprint density at radius 2 is 1.80 bits per heavy atom. The Balaban J connectivity index is 2.02. The van der Waals surface area contributed by atoms with Crippen molar-refractivity contribution in [1.82, 2.24) is 5.32 Å². The Kier molecular flexibility index (Phi) is 4.65. The van der Waals surface area contributed by atoms with Gasteiger partial charge in [-0.25, -0.2) is 0 Å². The van der Waals surface area contributed by atoms with Crippen LogP contribution in [0.25, 0.3) is 0 Å². The van der Waals surface area contributed by atoms with Crippen LogP contribution in [0.15, 0.2) is 18.2 Å². The largest absolute Gasteiger partial charge is 0.454 e. The Hall–Kier alpha value is -1.55. The number of carbonyl (C=O) groups is 1. The van der Waals surface area contributed by atoms with Crippen LogP contribution < -0.4 is 14.8 Å². The van der Waals surface area contributed by atoms with Gasteiger partial charge in [-0.2, -0.15) is 0 Å². The number of benzene rings is 1. The van der Waals surface area contributed by atoms with Crippen LogP contribution in [0.3, 0.4) is 0 Å². The molecule has 0 spiro atoms. The molecule has 1 N–H and O–H groups in total. The Bertz CT molecular complexity index is 472. The van der Waals surface area contributed by atoms with Crippen molar-refractivity contribution in [2.45, 2.75) is 45.6 Å². The molecule has 0 fully saturated rings. The van der Waals surface area contributed by atoms with E-state index in [1.165, 1.54) is 0 Å². The number of ketones is 1. The highest BCUT2D eigenvalue weighted by molar-refractivity contribution is 5.98. The van der Waals surface area contributed by atoms with E-state index in [0.717, 1.165) is 19.3 Å². The van der Waals surface area contributed by atoms with Gasteiger partial charge in [-0.15, -0.1) is 0 Å². The zero-order valence-electron chi connectivity index (χ0n) is 12.5. The normalized spacial score (nSPS) is 13.6. The quantitative estimate of drug-likeness (QED) is 0.778. The molecule has 0 bridgehead atoms. The highest BCUT2D eigenvalue weighted by atomic mass is 16.7. The van der Waals surface area contributed by atoms with Gasteiger partial charge in [-0.1, -0.05) is 20.8 Å². The Morgan fingerprint density at radius 1 is 1.15 bits per heavy atom. The maximum Gasteiger partial charge on any atom is 0.231 e. The van der Waals surface area contributed by atoms with Gasteiger partial charge in [0.15, 0.2) is 17.3 Å². The molecule has 0 amide bonds. The first-order valence-corrected chi connectivity index (χ1v) is 7.32. The molecule has 20 heavy (non-hydrogen) atoms. The third-order valence-corrected chi connectivity index (χ3v) is 4.35.